The summed E-state index contributed by atoms with van der Waals surface area (Å²) in [5, 5.41) is 6.06. The molecule has 0 spiro atoms. The minimum absolute atomic E-state index is 0.184. The fourth-order valence-corrected chi connectivity index (χ4v) is 7.34. The lowest BCUT2D eigenvalue weighted by molar-refractivity contribution is -0.129. The van der Waals surface area contributed by atoms with E-state index in [1.54, 1.807) is 30.5 Å². The van der Waals surface area contributed by atoms with Gasteiger partial charge in [-0.25, -0.2) is 9.97 Å². The van der Waals surface area contributed by atoms with E-state index in [1.807, 2.05) is 36.4 Å². The molecular formula is C31H31N5O2. The Morgan fingerprint density at radius 2 is 1.82 bits per heavy atom. The van der Waals surface area contributed by atoms with Crippen molar-refractivity contribution in [2.45, 2.75) is 44.9 Å². The smallest absolute Gasteiger partial charge is 0.256 e. The molecule has 38 heavy (non-hydrogen) atoms. The summed E-state index contributed by atoms with van der Waals surface area (Å²) in [4.78, 5) is 38.4. The Morgan fingerprint density at radius 3 is 2.66 bits per heavy atom. The monoisotopic (exact) mass is 505 g/mol. The molecule has 3 aliphatic rings. The van der Waals surface area contributed by atoms with Crippen LogP contribution in [0.4, 0.5) is 11.5 Å². The molecule has 3 fully saturated rings. The lowest BCUT2D eigenvalue weighted by Gasteiger charge is -2.38. The number of amides is 2. The first-order valence-electron chi connectivity index (χ1n) is 13.7. The Hall–Kier alpha value is -4.00. The molecule has 7 rings (SSSR count). The number of nitrogens with one attached hydrogen (secondary N) is 3. The largest absolute Gasteiger partial charge is 0.338 e. The van der Waals surface area contributed by atoms with Crippen LogP contribution >= 0.6 is 0 Å². The van der Waals surface area contributed by atoms with Crippen molar-refractivity contribution in [1.82, 2.24) is 15.0 Å². The first-order chi connectivity index (χ1) is 18.5. The number of carbonyl (C=O) groups is 2. The van der Waals surface area contributed by atoms with Gasteiger partial charge < -0.3 is 15.6 Å². The highest BCUT2D eigenvalue weighted by Gasteiger charge is 2.52. The quantitative estimate of drug-likeness (QED) is 0.291. The SMILES string of the molecule is O=C(Nc1ccccn1)c1ccc2nc(-c3ccc(NC(=O)C45CCC[C@H]6C[C@@H](CC6C4)C5)cc3)[nH]c2c1. The van der Waals surface area contributed by atoms with Gasteiger partial charge in [-0.15, -0.1) is 0 Å². The zero-order chi connectivity index (χ0) is 25.7. The van der Waals surface area contributed by atoms with Crippen LogP contribution in [0.3, 0.4) is 0 Å². The molecule has 2 aromatic heterocycles. The van der Waals surface area contributed by atoms with Crippen LogP contribution in [0.25, 0.3) is 22.4 Å². The number of aromatic amines is 1. The maximum Gasteiger partial charge on any atom is 0.256 e. The summed E-state index contributed by atoms with van der Waals surface area (Å²) < 4.78 is 0. The highest BCUT2D eigenvalue weighted by atomic mass is 16.2. The molecule has 2 unspecified atom stereocenters. The number of carbonyl (C=O) groups excluding carboxylic acids is 2. The third-order valence-corrected chi connectivity index (χ3v) is 9.05. The second-order valence-electron chi connectivity index (χ2n) is 11.5. The highest BCUT2D eigenvalue weighted by molar-refractivity contribution is 6.05. The topological polar surface area (TPSA) is 99.8 Å². The molecule has 3 N–H and O–H groups in total. The van der Waals surface area contributed by atoms with E-state index in [9.17, 15) is 9.59 Å². The Kier molecular flexibility index (Phi) is 5.53. The number of hydrogen-bond donors (Lipinski definition) is 3. The van der Waals surface area contributed by atoms with Gasteiger partial charge in [0.1, 0.15) is 11.6 Å². The number of benzene rings is 2. The molecule has 3 bridgehead atoms. The Balaban J connectivity index is 1.06. The van der Waals surface area contributed by atoms with Gasteiger partial charge in [0.05, 0.1) is 16.4 Å². The number of pyridine rings is 1. The van der Waals surface area contributed by atoms with Gasteiger partial charge in [-0.05, 0) is 104 Å². The number of H-pyrrole nitrogens is 1. The zero-order valence-corrected chi connectivity index (χ0v) is 21.2. The number of anilines is 2. The summed E-state index contributed by atoms with van der Waals surface area (Å²) in [7, 11) is 0. The maximum atomic E-state index is 13.5. The first kappa shape index (κ1) is 23.1. The summed E-state index contributed by atoms with van der Waals surface area (Å²) in [6, 6.07) is 18.7. The second kappa shape index (κ2) is 9.08. The molecule has 7 heteroatoms. The minimum Gasteiger partial charge on any atom is -0.338 e. The van der Waals surface area contributed by atoms with Gasteiger partial charge in [-0.1, -0.05) is 18.9 Å². The summed E-state index contributed by atoms with van der Waals surface area (Å²) in [5.74, 6) is 3.55. The molecule has 0 radical (unpaired) electrons. The van der Waals surface area contributed by atoms with Crippen LogP contribution in [0.2, 0.25) is 0 Å². The fourth-order valence-electron chi connectivity index (χ4n) is 7.34. The number of nitrogens with zero attached hydrogens (tertiary/aromatic N) is 2. The standard InChI is InChI=1S/C31H31N5O2/c37-29(36-27-5-1-2-13-32-27)22-8-11-25-26(16-22)35-28(34-25)20-6-9-24(10-7-20)33-30(38)31-12-3-4-21-14-19(17-31)15-23(21)18-31/h1-2,5-11,13,16,19,21,23H,3-4,12,14-15,17-18H2,(H,33,38)(H,34,35)(H,32,36,37)/t19-,21-,23?,31?/m0/s1. The molecular weight excluding hydrogens is 474 g/mol. The van der Waals surface area contributed by atoms with Gasteiger partial charge in [-0.2, -0.15) is 0 Å². The van der Waals surface area contributed by atoms with Crippen molar-refractivity contribution in [3.63, 3.8) is 0 Å². The fraction of sp³-hybridized carbons (Fsp3) is 0.355. The van der Waals surface area contributed by atoms with E-state index in [1.165, 1.54) is 25.7 Å². The minimum atomic E-state index is -0.225. The van der Waals surface area contributed by atoms with Gasteiger partial charge >= 0.3 is 0 Å². The molecule has 2 heterocycles. The van der Waals surface area contributed by atoms with Crippen molar-refractivity contribution in [3.05, 3.63) is 72.4 Å². The van der Waals surface area contributed by atoms with Crippen molar-refractivity contribution in [3.8, 4) is 11.4 Å². The number of rotatable bonds is 5. The normalized spacial score (nSPS) is 25.7. The predicted molar refractivity (Wildman–Crippen MR) is 148 cm³/mol. The molecule has 4 aromatic rings. The van der Waals surface area contributed by atoms with Gasteiger partial charge in [0.25, 0.3) is 5.91 Å². The molecule has 0 aliphatic heterocycles. The number of hydrogen-bond acceptors (Lipinski definition) is 4. The molecule has 7 nitrogen and oxygen atoms in total. The van der Waals surface area contributed by atoms with Crippen LogP contribution in [-0.2, 0) is 4.79 Å². The van der Waals surface area contributed by atoms with Gasteiger partial charge in [0, 0.05) is 23.0 Å². The van der Waals surface area contributed by atoms with E-state index in [2.05, 4.69) is 20.6 Å². The molecule has 3 aliphatic carbocycles. The second-order valence-corrected chi connectivity index (χ2v) is 11.5. The van der Waals surface area contributed by atoms with E-state index >= 15 is 0 Å². The molecule has 2 amide bonds. The van der Waals surface area contributed by atoms with Crippen molar-refractivity contribution >= 4 is 34.4 Å². The van der Waals surface area contributed by atoms with E-state index in [0.717, 1.165) is 65.1 Å². The van der Waals surface area contributed by atoms with Crippen LogP contribution < -0.4 is 10.6 Å². The van der Waals surface area contributed by atoms with Gasteiger partial charge in [-0.3, -0.25) is 9.59 Å². The van der Waals surface area contributed by atoms with E-state index in [-0.39, 0.29) is 17.2 Å². The molecule has 4 atom stereocenters. The molecule has 2 aromatic carbocycles. The summed E-state index contributed by atoms with van der Waals surface area (Å²) in [6.45, 7) is 0. The lowest BCUT2D eigenvalue weighted by Crippen LogP contribution is -2.40. The lowest BCUT2D eigenvalue weighted by atomic mass is 9.67. The highest BCUT2D eigenvalue weighted by Crippen LogP contribution is 2.59. The van der Waals surface area contributed by atoms with Crippen LogP contribution in [0.5, 0.6) is 0 Å². The van der Waals surface area contributed by atoms with Crippen molar-refractivity contribution in [2.75, 3.05) is 10.6 Å². The number of fused-ring (bicyclic) bond motifs is 3. The average molecular weight is 506 g/mol. The van der Waals surface area contributed by atoms with Crippen molar-refractivity contribution < 1.29 is 9.59 Å². The number of imidazole rings is 1. The van der Waals surface area contributed by atoms with Crippen LogP contribution in [0.1, 0.15) is 55.3 Å². The Bertz CT molecular complexity index is 1510. The summed E-state index contributed by atoms with van der Waals surface area (Å²) >= 11 is 0. The third kappa shape index (κ3) is 4.16. The summed E-state index contributed by atoms with van der Waals surface area (Å²) in [6.07, 6.45) is 9.95. The maximum absolute atomic E-state index is 13.5. The molecule has 0 saturated heterocycles. The van der Waals surface area contributed by atoms with E-state index in [4.69, 9.17) is 4.98 Å². The predicted octanol–water partition coefficient (Wildman–Crippen LogP) is 6.42. The van der Waals surface area contributed by atoms with Crippen LogP contribution in [0, 0.1) is 23.2 Å². The zero-order valence-electron chi connectivity index (χ0n) is 21.2. The average Bonchev–Trinajstić information content (AvgIpc) is 3.45. The molecule has 3 saturated carbocycles. The van der Waals surface area contributed by atoms with Crippen LogP contribution in [0.15, 0.2) is 66.9 Å². The van der Waals surface area contributed by atoms with Gasteiger partial charge in [0.2, 0.25) is 5.91 Å². The van der Waals surface area contributed by atoms with Crippen molar-refractivity contribution in [1.29, 1.82) is 0 Å². The van der Waals surface area contributed by atoms with E-state index in [0.29, 0.717) is 11.4 Å². The van der Waals surface area contributed by atoms with Gasteiger partial charge in [0.15, 0.2) is 0 Å². The summed E-state index contributed by atoms with van der Waals surface area (Å²) in [5.41, 5.74) is 3.66. The Labute approximate surface area is 221 Å². The van der Waals surface area contributed by atoms with E-state index < -0.39 is 0 Å². The Morgan fingerprint density at radius 1 is 0.947 bits per heavy atom. The number of aromatic nitrogens is 3. The van der Waals surface area contributed by atoms with Crippen molar-refractivity contribution in [2.24, 2.45) is 23.2 Å². The van der Waals surface area contributed by atoms with Crippen LogP contribution in [-0.4, -0.2) is 26.8 Å². The third-order valence-electron chi connectivity index (χ3n) is 9.05. The molecule has 192 valence electrons. The first-order valence-corrected chi connectivity index (χ1v) is 13.7.